The van der Waals surface area contributed by atoms with Crippen LogP contribution in [0.3, 0.4) is 0 Å². The molecule has 2 N–H and O–H groups in total. The number of halogens is 6. The van der Waals surface area contributed by atoms with Crippen LogP contribution in [-0.4, -0.2) is 11.7 Å². The van der Waals surface area contributed by atoms with Crippen LogP contribution in [0.2, 0.25) is 5.02 Å². The van der Waals surface area contributed by atoms with Crippen LogP contribution in [0.25, 0.3) is 0 Å². The number of ether oxygens (including phenoxy) is 1. The number of thiocarbonyl (C=S) groups is 1. The van der Waals surface area contributed by atoms with Crippen LogP contribution in [0, 0.1) is 0 Å². The van der Waals surface area contributed by atoms with E-state index in [1.165, 1.54) is 30.3 Å². The van der Waals surface area contributed by atoms with E-state index in [1.54, 1.807) is 0 Å². The van der Waals surface area contributed by atoms with Gasteiger partial charge in [-0.3, -0.25) is 0 Å². The highest BCUT2D eigenvalue weighted by atomic mass is 35.5. The van der Waals surface area contributed by atoms with Gasteiger partial charge in [0.2, 0.25) is 0 Å². The molecule has 0 unspecified atom stereocenters. The predicted octanol–water partition coefficient (Wildman–Crippen LogP) is 5.77. The van der Waals surface area contributed by atoms with Crippen molar-refractivity contribution in [3.8, 4) is 5.75 Å². The van der Waals surface area contributed by atoms with Crippen molar-refractivity contribution >= 4 is 40.3 Å². The van der Waals surface area contributed by atoms with E-state index in [0.717, 1.165) is 12.1 Å². The Hall–Kier alpha value is -2.13. The van der Waals surface area contributed by atoms with Crippen molar-refractivity contribution in [1.82, 2.24) is 0 Å². The zero-order valence-corrected chi connectivity index (χ0v) is 13.8. The van der Waals surface area contributed by atoms with Crippen molar-refractivity contribution in [2.45, 2.75) is 12.8 Å². The highest BCUT2D eigenvalue weighted by molar-refractivity contribution is 7.80. The Bertz CT molecular complexity index is 770. The summed E-state index contributed by atoms with van der Waals surface area (Å²) in [6.07, 6.45) is -4.47. The Morgan fingerprint density at radius 1 is 1.04 bits per heavy atom. The SMILES string of the molecule is FC(F)Oc1ccc(NC(=S)Nc2cccc(C(F)(F)F)c2)cc1Cl. The number of hydrogen-bond donors (Lipinski definition) is 2. The van der Waals surface area contributed by atoms with E-state index >= 15 is 0 Å². The third-order valence-corrected chi connectivity index (χ3v) is 3.35. The lowest BCUT2D eigenvalue weighted by atomic mass is 10.2. The third-order valence-electron chi connectivity index (χ3n) is 2.85. The summed E-state index contributed by atoms with van der Waals surface area (Å²) in [6.45, 7) is -3.01. The fourth-order valence-electron chi connectivity index (χ4n) is 1.84. The molecule has 0 aliphatic heterocycles. The van der Waals surface area contributed by atoms with Gasteiger partial charge in [0.15, 0.2) is 5.11 Å². The van der Waals surface area contributed by atoms with Crippen LogP contribution < -0.4 is 15.4 Å². The Kier molecular flexibility index (Phi) is 6.02. The summed E-state index contributed by atoms with van der Waals surface area (Å²) in [4.78, 5) is 0. The van der Waals surface area contributed by atoms with Crippen LogP contribution >= 0.6 is 23.8 Å². The summed E-state index contributed by atoms with van der Waals surface area (Å²) in [7, 11) is 0. The maximum Gasteiger partial charge on any atom is 0.416 e. The molecule has 0 atom stereocenters. The fraction of sp³-hybridized carbons (Fsp3) is 0.133. The predicted molar refractivity (Wildman–Crippen MR) is 89.4 cm³/mol. The largest absolute Gasteiger partial charge is 0.433 e. The molecular formula is C15H10ClF5N2OS. The Labute approximate surface area is 149 Å². The van der Waals surface area contributed by atoms with Crippen LogP contribution in [0.15, 0.2) is 42.5 Å². The molecule has 2 aromatic carbocycles. The van der Waals surface area contributed by atoms with E-state index in [9.17, 15) is 22.0 Å². The second-order valence-corrected chi connectivity index (χ2v) is 5.50. The third kappa shape index (κ3) is 5.71. The molecule has 0 spiro atoms. The first-order chi connectivity index (χ1) is 11.6. The molecule has 0 saturated carbocycles. The highest BCUT2D eigenvalue weighted by Crippen LogP contribution is 2.31. The number of benzene rings is 2. The summed E-state index contributed by atoms with van der Waals surface area (Å²) in [5, 5.41) is 5.20. The lowest BCUT2D eigenvalue weighted by Gasteiger charge is -2.13. The smallest absolute Gasteiger partial charge is 0.416 e. The number of nitrogens with one attached hydrogen (secondary N) is 2. The molecule has 0 aromatic heterocycles. The highest BCUT2D eigenvalue weighted by Gasteiger charge is 2.30. The standard InChI is InChI=1S/C15H10ClF5N2OS/c16-11-7-10(4-5-12(11)24-13(17)18)23-14(25)22-9-3-1-2-8(6-9)15(19,20)21/h1-7,13H,(H2,22,23,25). The average molecular weight is 397 g/mol. The van der Waals surface area contributed by atoms with Crippen molar-refractivity contribution in [3.05, 3.63) is 53.1 Å². The summed E-state index contributed by atoms with van der Waals surface area (Å²) in [5.41, 5.74) is -0.344. The van der Waals surface area contributed by atoms with Gasteiger partial charge in [-0.05, 0) is 48.6 Å². The van der Waals surface area contributed by atoms with E-state index in [2.05, 4.69) is 15.4 Å². The lowest BCUT2D eigenvalue weighted by Crippen LogP contribution is -2.19. The fourth-order valence-corrected chi connectivity index (χ4v) is 2.30. The summed E-state index contributed by atoms with van der Waals surface area (Å²) in [5.74, 6) is -0.209. The van der Waals surface area contributed by atoms with Gasteiger partial charge >= 0.3 is 12.8 Å². The quantitative estimate of drug-likeness (QED) is 0.508. The molecule has 25 heavy (non-hydrogen) atoms. The van der Waals surface area contributed by atoms with Crippen LogP contribution in [0.4, 0.5) is 33.3 Å². The molecule has 0 heterocycles. The zero-order chi connectivity index (χ0) is 18.6. The van der Waals surface area contributed by atoms with Gasteiger partial charge in [-0.2, -0.15) is 22.0 Å². The van der Waals surface area contributed by atoms with E-state index in [0.29, 0.717) is 5.69 Å². The van der Waals surface area contributed by atoms with Gasteiger partial charge in [0.25, 0.3) is 0 Å². The van der Waals surface area contributed by atoms with Crippen molar-refractivity contribution < 1.29 is 26.7 Å². The van der Waals surface area contributed by atoms with Crippen LogP contribution in [-0.2, 0) is 6.18 Å². The van der Waals surface area contributed by atoms with Gasteiger partial charge in [0.1, 0.15) is 5.75 Å². The van der Waals surface area contributed by atoms with Gasteiger partial charge in [0, 0.05) is 11.4 Å². The number of alkyl halides is 5. The second kappa shape index (κ2) is 7.83. The molecule has 0 aliphatic rings. The van der Waals surface area contributed by atoms with Gasteiger partial charge in [-0.1, -0.05) is 17.7 Å². The molecule has 0 saturated heterocycles. The van der Waals surface area contributed by atoms with Crippen LogP contribution in [0.5, 0.6) is 5.75 Å². The van der Waals surface area contributed by atoms with Crippen LogP contribution in [0.1, 0.15) is 5.56 Å². The minimum atomic E-state index is -4.47. The van der Waals surface area contributed by atoms with Gasteiger partial charge in [-0.15, -0.1) is 0 Å². The van der Waals surface area contributed by atoms with Crippen molar-refractivity contribution in [2.24, 2.45) is 0 Å². The minimum Gasteiger partial charge on any atom is -0.433 e. The van der Waals surface area contributed by atoms with E-state index in [4.69, 9.17) is 23.8 Å². The zero-order valence-electron chi connectivity index (χ0n) is 12.2. The molecule has 0 fully saturated rings. The summed E-state index contributed by atoms with van der Waals surface area (Å²) in [6, 6.07) is 8.37. The van der Waals surface area contributed by atoms with Gasteiger partial charge in [-0.25, -0.2) is 0 Å². The summed E-state index contributed by atoms with van der Waals surface area (Å²) < 4.78 is 66.5. The molecular weight excluding hydrogens is 387 g/mol. The van der Waals surface area contributed by atoms with E-state index < -0.39 is 18.4 Å². The number of anilines is 2. The van der Waals surface area contributed by atoms with Gasteiger partial charge in [0.05, 0.1) is 10.6 Å². The van der Waals surface area contributed by atoms with Crippen molar-refractivity contribution in [1.29, 1.82) is 0 Å². The molecule has 0 aliphatic carbocycles. The van der Waals surface area contributed by atoms with E-state index in [1.807, 2.05) is 0 Å². The first-order valence-corrected chi connectivity index (χ1v) is 7.43. The Morgan fingerprint density at radius 2 is 1.68 bits per heavy atom. The number of hydrogen-bond acceptors (Lipinski definition) is 2. The lowest BCUT2D eigenvalue weighted by molar-refractivity contribution is -0.137. The first-order valence-electron chi connectivity index (χ1n) is 6.65. The molecule has 2 aromatic rings. The topological polar surface area (TPSA) is 33.3 Å². The Morgan fingerprint density at radius 3 is 2.24 bits per heavy atom. The minimum absolute atomic E-state index is 0.00193. The molecule has 2 rings (SSSR count). The maximum absolute atomic E-state index is 12.7. The molecule has 0 bridgehead atoms. The first kappa shape index (κ1) is 19.2. The molecule has 3 nitrogen and oxygen atoms in total. The maximum atomic E-state index is 12.7. The molecule has 10 heteroatoms. The van der Waals surface area contributed by atoms with Gasteiger partial charge < -0.3 is 15.4 Å². The van der Waals surface area contributed by atoms with Crippen molar-refractivity contribution in [2.75, 3.05) is 10.6 Å². The molecule has 0 amide bonds. The monoisotopic (exact) mass is 396 g/mol. The summed E-state index contributed by atoms with van der Waals surface area (Å²) >= 11 is 10.8. The Balaban J connectivity index is 2.04. The second-order valence-electron chi connectivity index (χ2n) is 4.68. The van der Waals surface area contributed by atoms with E-state index in [-0.39, 0.29) is 21.6 Å². The average Bonchev–Trinajstić information content (AvgIpc) is 2.49. The normalized spacial score (nSPS) is 11.3. The number of rotatable bonds is 4. The van der Waals surface area contributed by atoms with Crippen molar-refractivity contribution in [3.63, 3.8) is 0 Å². The molecule has 134 valence electrons. The molecule has 0 radical (unpaired) electrons.